The molecular weight excluding hydrogens is 189 g/mol. The fraction of sp³-hybridized carbons (Fsp3) is 0.462. The lowest BCUT2D eigenvalue weighted by molar-refractivity contribution is 0.312. The molecule has 1 aromatic rings. The first-order valence-corrected chi connectivity index (χ1v) is 5.27. The van der Waals surface area contributed by atoms with Crippen molar-refractivity contribution in [2.75, 3.05) is 0 Å². The van der Waals surface area contributed by atoms with Gasteiger partial charge in [0.1, 0.15) is 5.82 Å². The molecule has 2 heteroatoms. The van der Waals surface area contributed by atoms with Crippen LogP contribution in [0.25, 0.3) is 0 Å². The van der Waals surface area contributed by atoms with Gasteiger partial charge in [0.2, 0.25) is 0 Å². The van der Waals surface area contributed by atoms with Crippen LogP contribution in [0.2, 0.25) is 0 Å². The summed E-state index contributed by atoms with van der Waals surface area (Å²) in [6, 6.07) is 5.93. The van der Waals surface area contributed by atoms with E-state index in [4.69, 9.17) is 0 Å². The molecule has 0 saturated heterocycles. The number of halogens is 1. The number of hydrogen-bond acceptors (Lipinski definition) is 1. The first kappa shape index (κ1) is 10.2. The molecule has 1 aliphatic carbocycles. The molecule has 0 aromatic heterocycles. The fourth-order valence-electron chi connectivity index (χ4n) is 2.27. The van der Waals surface area contributed by atoms with Gasteiger partial charge in [-0.3, -0.25) is 0 Å². The van der Waals surface area contributed by atoms with Gasteiger partial charge in [-0.1, -0.05) is 17.7 Å². The van der Waals surface area contributed by atoms with Crippen LogP contribution in [0, 0.1) is 31.0 Å². The Bertz CT molecular complexity index is 439. The maximum atomic E-state index is 13.9. The molecule has 0 spiro atoms. The van der Waals surface area contributed by atoms with Gasteiger partial charge in [-0.2, -0.15) is 5.26 Å². The molecule has 15 heavy (non-hydrogen) atoms. The summed E-state index contributed by atoms with van der Waals surface area (Å²) in [6.45, 7) is 3.70. The number of benzene rings is 1. The van der Waals surface area contributed by atoms with Gasteiger partial charge in [0, 0.05) is 5.56 Å². The summed E-state index contributed by atoms with van der Waals surface area (Å²) in [6.07, 6.45) is 2.62. The van der Waals surface area contributed by atoms with Gasteiger partial charge in [-0.25, -0.2) is 4.39 Å². The van der Waals surface area contributed by atoms with Crippen molar-refractivity contribution < 1.29 is 4.39 Å². The topological polar surface area (TPSA) is 23.8 Å². The molecule has 0 amide bonds. The molecule has 1 fully saturated rings. The Balaban J connectivity index is 2.57. The highest BCUT2D eigenvalue weighted by molar-refractivity contribution is 5.41. The van der Waals surface area contributed by atoms with Crippen LogP contribution in [0.4, 0.5) is 4.39 Å². The Hall–Kier alpha value is -1.36. The first-order chi connectivity index (χ1) is 7.09. The van der Waals surface area contributed by atoms with Crippen molar-refractivity contribution in [1.82, 2.24) is 0 Å². The van der Waals surface area contributed by atoms with Gasteiger partial charge in [0.15, 0.2) is 0 Å². The summed E-state index contributed by atoms with van der Waals surface area (Å²) in [7, 11) is 0. The lowest BCUT2D eigenvalue weighted by Gasteiger charge is -2.36. The van der Waals surface area contributed by atoms with Gasteiger partial charge in [-0.15, -0.1) is 0 Å². The number of hydrogen-bond donors (Lipinski definition) is 0. The van der Waals surface area contributed by atoms with Gasteiger partial charge in [0.05, 0.1) is 11.5 Å². The first-order valence-electron chi connectivity index (χ1n) is 5.27. The molecule has 1 saturated carbocycles. The Kier molecular flexibility index (Phi) is 2.26. The summed E-state index contributed by atoms with van der Waals surface area (Å²) in [5.74, 6) is -0.193. The van der Waals surface area contributed by atoms with E-state index in [1.54, 1.807) is 6.92 Å². The third kappa shape index (κ3) is 1.43. The lowest BCUT2D eigenvalue weighted by atomic mass is 9.65. The highest BCUT2D eigenvalue weighted by Gasteiger charge is 2.41. The molecule has 0 radical (unpaired) electrons. The second-order valence-corrected chi connectivity index (χ2v) is 4.49. The summed E-state index contributed by atoms with van der Waals surface area (Å²) in [4.78, 5) is 0. The molecule has 0 aliphatic heterocycles. The van der Waals surface area contributed by atoms with Crippen LogP contribution in [0.5, 0.6) is 0 Å². The van der Waals surface area contributed by atoms with Crippen molar-refractivity contribution in [3.8, 4) is 6.07 Å². The minimum absolute atomic E-state index is 0.193. The van der Waals surface area contributed by atoms with Crippen molar-refractivity contribution in [3.63, 3.8) is 0 Å². The van der Waals surface area contributed by atoms with Crippen LogP contribution in [-0.2, 0) is 5.41 Å². The van der Waals surface area contributed by atoms with Crippen LogP contribution >= 0.6 is 0 Å². The van der Waals surface area contributed by atoms with Gasteiger partial charge in [-0.05, 0) is 38.7 Å². The Labute approximate surface area is 89.5 Å². The molecule has 1 nitrogen and oxygen atoms in total. The maximum absolute atomic E-state index is 13.9. The molecule has 2 rings (SSSR count). The fourth-order valence-corrected chi connectivity index (χ4v) is 2.27. The predicted octanol–water partition coefficient (Wildman–Crippen LogP) is 3.39. The van der Waals surface area contributed by atoms with Crippen molar-refractivity contribution >= 4 is 0 Å². The van der Waals surface area contributed by atoms with Crippen molar-refractivity contribution in [1.29, 1.82) is 5.26 Å². The van der Waals surface area contributed by atoms with Gasteiger partial charge >= 0.3 is 0 Å². The smallest absolute Gasteiger partial charge is 0.130 e. The van der Waals surface area contributed by atoms with Crippen LogP contribution in [-0.4, -0.2) is 0 Å². The van der Waals surface area contributed by atoms with E-state index in [1.807, 2.05) is 19.1 Å². The molecule has 1 aromatic carbocycles. The summed E-state index contributed by atoms with van der Waals surface area (Å²) >= 11 is 0. The summed E-state index contributed by atoms with van der Waals surface area (Å²) in [5.41, 5.74) is 1.74. The third-order valence-electron chi connectivity index (χ3n) is 3.34. The zero-order valence-corrected chi connectivity index (χ0v) is 9.10. The minimum atomic E-state index is -0.541. The van der Waals surface area contributed by atoms with Crippen LogP contribution < -0.4 is 0 Å². The Morgan fingerprint density at radius 1 is 1.33 bits per heavy atom. The van der Waals surface area contributed by atoms with Crippen molar-refractivity contribution in [3.05, 3.63) is 34.6 Å². The van der Waals surface area contributed by atoms with Gasteiger partial charge in [0.25, 0.3) is 0 Å². The third-order valence-corrected chi connectivity index (χ3v) is 3.34. The predicted molar refractivity (Wildman–Crippen MR) is 57.0 cm³/mol. The zero-order valence-electron chi connectivity index (χ0n) is 9.10. The van der Waals surface area contributed by atoms with Crippen LogP contribution in [0.15, 0.2) is 12.1 Å². The number of rotatable bonds is 1. The van der Waals surface area contributed by atoms with E-state index in [1.165, 1.54) is 0 Å². The van der Waals surface area contributed by atoms with E-state index in [2.05, 4.69) is 6.07 Å². The molecule has 0 atom stereocenters. The number of nitrogens with zero attached hydrogens (tertiary/aromatic N) is 1. The molecule has 78 valence electrons. The molecule has 0 unspecified atom stereocenters. The van der Waals surface area contributed by atoms with Gasteiger partial charge < -0.3 is 0 Å². The molecule has 0 bridgehead atoms. The van der Waals surface area contributed by atoms with E-state index in [0.29, 0.717) is 11.1 Å². The lowest BCUT2D eigenvalue weighted by Crippen LogP contribution is -2.33. The van der Waals surface area contributed by atoms with E-state index in [0.717, 1.165) is 24.8 Å². The van der Waals surface area contributed by atoms with Crippen LogP contribution in [0.3, 0.4) is 0 Å². The normalized spacial score (nSPS) is 18.0. The Morgan fingerprint density at radius 2 is 2.00 bits per heavy atom. The summed E-state index contributed by atoms with van der Waals surface area (Å²) in [5, 5.41) is 9.18. The molecule has 0 heterocycles. The van der Waals surface area contributed by atoms with Crippen molar-refractivity contribution in [2.45, 2.75) is 38.5 Å². The van der Waals surface area contributed by atoms with E-state index in [-0.39, 0.29) is 5.82 Å². The quantitative estimate of drug-likeness (QED) is 0.686. The zero-order chi connectivity index (χ0) is 11.1. The van der Waals surface area contributed by atoms with E-state index >= 15 is 0 Å². The minimum Gasteiger partial charge on any atom is -0.206 e. The monoisotopic (exact) mass is 203 g/mol. The highest BCUT2D eigenvalue weighted by Crippen LogP contribution is 2.44. The molecular formula is C13H14FN. The van der Waals surface area contributed by atoms with Crippen molar-refractivity contribution in [2.24, 2.45) is 0 Å². The van der Waals surface area contributed by atoms with E-state index < -0.39 is 5.41 Å². The number of nitriles is 1. The molecule has 1 aliphatic rings. The standard InChI is InChI=1S/C13H14FN/c1-9-6-10(2)12(14)11(7-9)13(8-15)4-3-5-13/h6-7H,3-5H2,1-2H3. The summed E-state index contributed by atoms with van der Waals surface area (Å²) < 4.78 is 13.9. The Morgan fingerprint density at radius 3 is 2.47 bits per heavy atom. The SMILES string of the molecule is Cc1cc(C)c(F)c(C2(C#N)CCC2)c1. The largest absolute Gasteiger partial charge is 0.206 e. The van der Waals surface area contributed by atoms with E-state index in [9.17, 15) is 9.65 Å². The average molecular weight is 203 g/mol. The number of aryl methyl sites for hydroxylation is 2. The van der Waals surface area contributed by atoms with Crippen LogP contribution in [0.1, 0.15) is 36.0 Å². The average Bonchev–Trinajstić information content (AvgIpc) is 2.12. The maximum Gasteiger partial charge on any atom is 0.130 e. The molecule has 0 N–H and O–H groups in total. The second kappa shape index (κ2) is 3.34. The highest BCUT2D eigenvalue weighted by atomic mass is 19.1. The second-order valence-electron chi connectivity index (χ2n) is 4.49.